The van der Waals surface area contributed by atoms with E-state index in [-0.39, 0.29) is 18.0 Å². The third-order valence-electron chi connectivity index (χ3n) is 1.52. The highest BCUT2D eigenvalue weighted by Crippen LogP contribution is 1.94. The minimum atomic E-state index is -0.0738. The van der Waals surface area contributed by atoms with Crippen LogP contribution < -0.4 is 0 Å². The van der Waals surface area contributed by atoms with Gasteiger partial charge in [-0.05, 0) is 12.5 Å². The van der Waals surface area contributed by atoms with Gasteiger partial charge in [-0.15, -0.1) is 0 Å². The maximum absolute atomic E-state index is 11.0. The van der Waals surface area contributed by atoms with E-state index in [0.717, 1.165) is 12.8 Å². The fraction of sp³-hybridized carbons (Fsp3) is 0.600. The van der Waals surface area contributed by atoms with E-state index in [4.69, 9.17) is 0 Å². The average Bonchev–Trinajstić information content (AvgIpc) is 2.05. The van der Waals surface area contributed by atoms with Crippen molar-refractivity contribution in [1.29, 1.82) is 0 Å². The maximum atomic E-state index is 11.0. The molecule has 0 saturated carbocycles. The van der Waals surface area contributed by atoms with Crippen molar-refractivity contribution in [1.82, 2.24) is 0 Å². The molecule has 0 aromatic rings. The summed E-state index contributed by atoms with van der Waals surface area (Å²) in [7, 11) is 0. The first-order chi connectivity index (χ1) is 5.70. The summed E-state index contributed by atoms with van der Waals surface area (Å²) in [5.41, 5.74) is 0. The van der Waals surface area contributed by atoms with Crippen molar-refractivity contribution in [2.45, 2.75) is 39.5 Å². The molecule has 0 N–H and O–H groups in total. The molecule has 68 valence electrons. The van der Waals surface area contributed by atoms with E-state index in [1.807, 2.05) is 13.0 Å². The second-order valence-electron chi connectivity index (χ2n) is 2.73. The zero-order valence-corrected chi connectivity index (χ0v) is 7.80. The lowest BCUT2D eigenvalue weighted by Gasteiger charge is -1.91. The van der Waals surface area contributed by atoms with Crippen molar-refractivity contribution >= 4 is 11.6 Å². The molecular formula is C10H16O2. The standard InChI is InChI=1S/C10H16O2/c1-3-5-6-7-10(12)8-9(11)4-2/h6-7H,3-5,8H2,1-2H3/b7-6-. The first-order valence-corrected chi connectivity index (χ1v) is 4.41. The fourth-order valence-corrected chi connectivity index (χ4v) is 0.760. The van der Waals surface area contributed by atoms with Gasteiger partial charge >= 0.3 is 0 Å². The molecule has 0 rings (SSSR count). The highest BCUT2D eigenvalue weighted by molar-refractivity contribution is 6.04. The molecule has 0 radical (unpaired) electrons. The summed E-state index contributed by atoms with van der Waals surface area (Å²) >= 11 is 0. The molecule has 0 bridgehead atoms. The molecule has 0 aliphatic rings. The average molecular weight is 168 g/mol. The van der Waals surface area contributed by atoms with Crippen LogP contribution in [0.2, 0.25) is 0 Å². The van der Waals surface area contributed by atoms with Gasteiger partial charge in [0.2, 0.25) is 0 Å². The molecule has 0 unspecified atom stereocenters. The Morgan fingerprint density at radius 3 is 2.42 bits per heavy atom. The lowest BCUT2D eigenvalue weighted by molar-refractivity contribution is -0.124. The summed E-state index contributed by atoms with van der Waals surface area (Å²) in [5.74, 6) is -0.0588. The zero-order chi connectivity index (χ0) is 9.40. The topological polar surface area (TPSA) is 34.1 Å². The Balaban J connectivity index is 3.66. The summed E-state index contributed by atoms with van der Waals surface area (Å²) in [6.07, 6.45) is 5.80. The first-order valence-electron chi connectivity index (χ1n) is 4.41. The monoisotopic (exact) mass is 168 g/mol. The van der Waals surface area contributed by atoms with Crippen LogP contribution in [0.3, 0.4) is 0 Å². The Morgan fingerprint density at radius 1 is 1.25 bits per heavy atom. The van der Waals surface area contributed by atoms with Crippen LogP contribution >= 0.6 is 0 Å². The van der Waals surface area contributed by atoms with Crippen molar-refractivity contribution in [2.75, 3.05) is 0 Å². The second kappa shape index (κ2) is 6.77. The third-order valence-corrected chi connectivity index (χ3v) is 1.52. The Morgan fingerprint density at radius 2 is 1.92 bits per heavy atom. The van der Waals surface area contributed by atoms with E-state index in [1.54, 1.807) is 6.92 Å². The van der Waals surface area contributed by atoms with E-state index < -0.39 is 0 Å². The van der Waals surface area contributed by atoms with Gasteiger partial charge in [0.05, 0.1) is 6.42 Å². The van der Waals surface area contributed by atoms with Gasteiger partial charge in [-0.2, -0.15) is 0 Å². The Kier molecular flexibility index (Phi) is 6.25. The van der Waals surface area contributed by atoms with E-state index in [1.165, 1.54) is 6.08 Å². The molecule has 2 heteroatoms. The first kappa shape index (κ1) is 11.1. The number of ketones is 2. The number of hydrogen-bond acceptors (Lipinski definition) is 2. The van der Waals surface area contributed by atoms with Crippen LogP contribution in [0.5, 0.6) is 0 Å². The molecule has 0 heterocycles. The Hall–Kier alpha value is -0.920. The number of carbonyl (C=O) groups is 2. The molecule has 0 amide bonds. The van der Waals surface area contributed by atoms with Gasteiger partial charge in [-0.25, -0.2) is 0 Å². The van der Waals surface area contributed by atoms with E-state index >= 15 is 0 Å². The lowest BCUT2D eigenvalue weighted by Crippen LogP contribution is -2.03. The zero-order valence-electron chi connectivity index (χ0n) is 7.80. The number of allylic oxidation sites excluding steroid dienone is 2. The van der Waals surface area contributed by atoms with E-state index in [2.05, 4.69) is 0 Å². The number of hydrogen-bond donors (Lipinski definition) is 0. The molecule has 0 fully saturated rings. The fourth-order valence-electron chi connectivity index (χ4n) is 0.760. The Bertz CT molecular complexity index is 180. The van der Waals surface area contributed by atoms with Crippen LogP contribution in [0.4, 0.5) is 0 Å². The van der Waals surface area contributed by atoms with Crippen LogP contribution in [0.25, 0.3) is 0 Å². The van der Waals surface area contributed by atoms with Crippen molar-refractivity contribution in [3.8, 4) is 0 Å². The Labute approximate surface area is 73.7 Å². The highest BCUT2D eigenvalue weighted by Gasteiger charge is 2.02. The molecule has 0 spiro atoms. The minimum absolute atomic E-state index is 0.0150. The van der Waals surface area contributed by atoms with Gasteiger partial charge in [-0.3, -0.25) is 9.59 Å². The van der Waals surface area contributed by atoms with Gasteiger partial charge in [-0.1, -0.05) is 26.3 Å². The molecule has 2 nitrogen and oxygen atoms in total. The highest BCUT2D eigenvalue weighted by atomic mass is 16.1. The van der Waals surface area contributed by atoms with Gasteiger partial charge in [0.1, 0.15) is 5.78 Å². The summed E-state index contributed by atoms with van der Waals surface area (Å²) in [6, 6.07) is 0. The van der Waals surface area contributed by atoms with Crippen LogP contribution in [0, 0.1) is 0 Å². The number of rotatable bonds is 6. The number of Topliss-reactive ketones (excluding diaryl/α,β-unsaturated/α-hetero) is 1. The second-order valence-corrected chi connectivity index (χ2v) is 2.73. The van der Waals surface area contributed by atoms with Crippen LogP contribution in [0.15, 0.2) is 12.2 Å². The predicted molar refractivity (Wildman–Crippen MR) is 49.0 cm³/mol. The van der Waals surface area contributed by atoms with Gasteiger partial charge in [0, 0.05) is 6.42 Å². The van der Waals surface area contributed by atoms with Gasteiger partial charge < -0.3 is 0 Å². The summed E-state index contributed by atoms with van der Waals surface area (Å²) in [4.78, 5) is 21.8. The van der Waals surface area contributed by atoms with Crippen molar-refractivity contribution in [3.05, 3.63) is 12.2 Å². The molecular weight excluding hydrogens is 152 g/mol. The summed E-state index contributed by atoms with van der Waals surface area (Å²) in [6.45, 7) is 3.82. The smallest absolute Gasteiger partial charge is 0.162 e. The molecule has 0 aromatic heterocycles. The quantitative estimate of drug-likeness (QED) is 0.450. The summed E-state index contributed by atoms with van der Waals surface area (Å²) in [5, 5.41) is 0. The maximum Gasteiger partial charge on any atom is 0.162 e. The van der Waals surface area contributed by atoms with Gasteiger partial charge in [0.15, 0.2) is 5.78 Å². The van der Waals surface area contributed by atoms with Crippen molar-refractivity contribution in [2.24, 2.45) is 0 Å². The van der Waals surface area contributed by atoms with Crippen molar-refractivity contribution < 1.29 is 9.59 Å². The molecule has 0 aromatic carbocycles. The van der Waals surface area contributed by atoms with Crippen molar-refractivity contribution in [3.63, 3.8) is 0 Å². The molecule has 0 atom stereocenters. The molecule has 12 heavy (non-hydrogen) atoms. The summed E-state index contributed by atoms with van der Waals surface area (Å²) < 4.78 is 0. The SMILES string of the molecule is CCC/C=C\C(=O)CC(=O)CC. The molecule has 0 saturated heterocycles. The number of unbranched alkanes of at least 4 members (excludes halogenated alkanes) is 1. The normalized spacial score (nSPS) is 10.5. The van der Waals surface area contributed by atoms with Crippen LogP contribution in [0.1, 0.15) is 39.5 Å². The lowest BCUT2D eigenvalue weighted by atomic mass is 10.1. The van der Waals surface area contributed by atoms with Crippen LogP contribution in [-0.2, 0) is 9.59 Å². The minimum Gasteiger partial charge on any atom is -0.299 e. The molecule has 0 aliphatic heterocycles. The van der Waals surface area contributed by atoms with E-state index in [9.17, 15) is 9.59 Å². The van der Waals surface area contributed by atoms with Gasteiger partial charge in [0.25, 0.3) is 0 Å². The largest absolute Gasteiger partial charge is 0.299 e. The predicted octanol–water partition coefficient (Wildman–Crippen LogP) is 2.28. The third kappa shape index (κ3) is 5.83. The number of carbonyl (C=O) groups excluding carboxylic acids is 2. The molecule has 0 aliphatic carbocycles. The van der Waals surface area contributed by atoms with E-state index in [0.29, 0.717) is 6.42 Å². The van der Waals surface area contributed by atoms with Crippen LogP contribution in [-0.4, -0.2) is 11.6 Å².